The van der Waals surface area contributed by atoms with Crippen molar-refractivity contribution in [3.8, 4) is 0 Å². The number of hydrogen-bond acceptors (Lipinski definition) is 4. The fourth-order valence-electron chi connectivity index (χ4n) is 0.873. The highest BCUT2D eigenvalue weighted by molar-refractivity contribution is 7.99. The van der Waals surface area contributed by atoms with Gasteiger partial charge >= 0.3 is 12.1 Å². The van der Waals surface area contributed by atoms with E-state index in [0.717, 1.165) is 0 Å². The van der Waals surface area contributed by atoms with Crippen LogP contribution in [0.3, 0.4) is 0 Å². The van der Waals surface area contributed by atoms with E-state index in [2.05, 4.69) is 5.32 Å². The van der Waals surface area contributed by atoms with Crippen molar-refractivity contribution in [3.05, 3.63) is 0 Å². The predicted molar refractivity (Wildman–Crippen MR) is 63.8 cm³/mol. The molecule has 0 spiro atoms. The Bertz CT molecular complexity index is 250. The molecule has 0 aromatic heterocycles. The molecular formula is C10H19NO4S. The summed E-state index contributed by atoms with van der Waals surface area (Å²) >= 11 is 1.26. The Morgan fingerprint density at radius 1 is 1.44 bits per heavy atom. The van der Waals surface area contributed by atoms with Gasteiger partial charge in [0.25, 0.3) is 0 Å². The molecule has 2 N–H and O–H groups in total. The van der Waals surface area contributed by atoms with Gasteiger partial charge in [0.1, 0.15) is 5.60 Å². The van der Waals surface area contributed by atoms with Crippen LogP contribution in [0.2, 0.25) is 0 Å². The molecule has 0 aliphatic heterocycles. The number of carboxylic acids is 1. The van der Waals surface area contributed by atoms with Crippen LogP contribution in [-0.2, 0) is 9.53 Å². The fourth-order valence-corrected chi connectivity index (χ4v) is 1.60. The molecular weight excluding hydrogens is 230 g/mol. The molecule has 1 atom stereocenters. The Morgan fingerprint density at radius 3 is 2.44 bits per heavy atom. The predicted octanol–water partition coefficient (Wildman–Crippen LogP) is 1.72. The summed E-state index contributed by atoms with van der Waals surface area (Å²) in [5.74, 6) is -0.263. The molecule has 0 aromatic carbocycles. The summed E-state index contributed by atoms with van der Waals surface area (Å²) in [6, 6.07) is -0.112. The lowest BCUT2D eigenvalue weighted by Crippen LogP contribution is -2.38. The molecule has 0 radical (unpaired) electrons. The van der Waals surface area contributed by atoms with Crippen LogP contribution in [0.15, 0.2) is 0 Å². The SMILES string of the molecule is CC(CSCC(=O)O)NC(=O)OC(C)(C)C. The molecule has 0 heterocycles. The van der Waals surface area contributed by atoms with Crippen LogP contribution in [0.1, 0.15) is 27.7 Å². The van der Waals surface area contributed by atoms with Crippen LogP contribution in [0.4, 0.5) is 4.79 Å². The van der Waals surface area contributed by atoms with Gasteiger partial charge < -0.3 is 15.2 Å². The Kier molecular flexibility index (Phi) is 6.25. The van der Waals surface area contributed by atoms with E-state index in [9.17, 15) is 9.59 Å². The Balaban J connectivity index is 3.74. The highest BCUT2D eigenvalue weighted by Crippen LogP contribution is 2.08. The monoisotopic (exact) mass is 249 g/mol. The number of nitrogens with one attached hydrogen (secondary N) is 1. The van der Waals surface area contributed by atoms with Crippen molar-refractivity contribution in [2.45, 2.75) is 39.3 Å². The number of hydrogen-bond donors (Lipinski definition) is 2. The highest BCUT2D eigenvalue weighted by atomic mass is 32.2. The average molecular weight is 249 g/mol. The third-order valence-electron chi connectivity index (χ3n) is 1.36. The Morgan fingerprint density at radius 2 is 2.00 bits per heavy atom. The quantitative estimate of drug-likeness (QED) is 0.776. The number of aliphatic carboxylic acids is 1. The normalized spacial score (nSPS) is 13.0. The summed E-state index contributed by atoms with van der Waals surface area (Å²) in [6.45, 7) is 7.17. The van der Waals surface area contributed by atoms with Crippen molar-refractivity contribution in [2.75, 3.05) is 11.5 Å². The molecule has 1 amide bonds. The van der Waals surface area contributed by atoms with Gasteiger partial charge in [0, 0.05) is 11.8 Å². The maximum Gasteiger partial charge on any atom is 0.407 e. The smallest absolute Gasteiger partial charge is 0.407 e. The summed E-state index contributed by atoms with van der Waals surface area (Å²) in [6.07, 6.45) is -0.476. The minimum absolute atomic E-state index is 0.0420. The van der Waals surface area contributed by atoms with Crippen LogP contribution >= 0.6 is 11.8 Å². The van der Waals surface area contributed by atoms with Crippen molar-refractivity contribution >= 4 is 23.8 Å². The van der Waals surface area contributed by atoms with Crippen LogP contribution in [-0.4, -0.2) is 40.3 Å². The van der Waals surface area contributed by atoms with Gasteiger partial charge in [0.15, 0.2) is 0 Å². The molecule has 16 heavy (non-hydrogen) atoms. The summed E-state index contributed by atoms with van der Waals surface area (Å²) in [5, 5.41) is 11.1. The molecule has 6 heteroatoms. The summed E-state index contributed by atoms with van der Waals surface area (Å²) in [5.41, 5.74) is -0.516. The lowest BCUT2D eigenvalue weighted by atomic mass is 10.2. The lowest BCUT2D eigenvalue weighted by Gasteiger charge is -2.21. The second-order valence-corrected chi connectivity index (χ2v) is 5.49. The zero-order valence-electron chi connectivity index (χ0n) is 10.1. The van der Waals surface area contributed by atoms with E-state index in [-0.39, 0.29) is 11.8 Å². The van der Waals surface area contributed by atoms with Crippen molar-refractivity contribution in [1.82, 2.24) is 5.32 Å². The van der Waals surface area contributed by atoms with Crippen molar-refractivity contribution in [3.63, 3.8) is 0 Å². The van der Waals surface area contributed by atoms with E-state index in [1.807, 2.05) is 0 Å². The van der Waals surface area contributed by atoms with Gasteiger partial charge in [-0.2, -0.15) is 0 Å². The topological polar surface area (TPSA) is 75.6 Å². The molecule has 0 saturated carbocycles. The van der Waals surface area contributed by atoms with Gasteiger partial charge in [0.2, 0.25) is 0 Å². The second kappa shape index (κ2) is 6.62. The number of rotatable bonds is 5. The lowest BCUT2D eigenvalue weighted by molar-refractivity contribution is -0.133. The third-order valence-corrected chi connectivity index (χ3v) is 2.54. The highest BCUT2D eigenvalue weighted by Gasteiger charge is 2.17. The summed E-state index contributed by atoms with van der Waals surface area (Å²) in [7, 11) is 0. The summed E-state index contributed by atoms with van der Waals surface area (Å²) in [4.78, 5) is 21.6. The number of alkyl carbamates (subject to hydrolysis) is 1. The van der Waals surface area contributed by atoms with E-state index < -0.39 is 17.7 Å². The minimum Gasteiger partial charge on any atom is -0.481 e. The number of ether oxygens (including phenoxy) is 1. The van der Waals surface area contributed by atoms with E-state index in [0.29, 0.717) is 5.75 Å². The van der Waals surface area contributed by atoms with Gasteiger partial charge in [-0.3, -0.25) is 4.79 Å². The Hall–Kier alpha value is -0.910. The van der Waals surface area contributed by atoms with E-state index in [1.165, 1.54) is 11.8 Å². The molecule has 0 aliphatic rings. The molecule has 0 bridgehead atoms. The van der Waals surface area contributed by atoms with Crippen molar-refractivity contribution < 1.29 is 19.4 Å². The molecule has 0 saturated heterocycles. The fraction of sp³-hybridized carbons (Fsp3) is 0.800. The average Bonchev–Trinajstić information content (AvgIpc) is 1.98. The van der Waals surface area contributed by atoms with Gasteiger partial charge in [-0.15, -0.1) is 11.8 Å². The molecule has 0 rings (SSSR count). The zero-order chi connectivity index (χ0) is 12.8. The van der Waals surface area contributed by atoms with E-state index >= 15 is 0 Å². The van der Waals surface area contributed by atoms with Crippen molar-refractivity contribution in [2.24, 2.45) is 0 Å². The Labute approximate surface area is 99.9 Å². The minimum atomic E-state index is -0.852. The molecule has 0 aliphatic carbocycles. The molecule has 0 aromatic rings. The first kappa shape index (κ1) is 15.1. The van der Waals surface area contributed by atoms with Gasteiger partial charge in [0.05, 0.1) is 5.75 Å². The molecule has 1 unspecified atom stereocenters. The van der Waals surface area contributed by atoms with Gasteiger partial charge in [-0.25, -0.2) is 4.79 Å². The van der Waals surface area contributed by atoms with Crippen molar-refractivity contribution in [1.29, 1.82) is 0 Å². The van der Waals surface area contributed by atoms with Crippen LogP contribution < -0.4 is 5.32 Å². The largest absolute Gasteiger partial charge is 0.481 e. The number of carboxylic acid groups (broad SMARTS) is 1. The number of amides is 1. The molecule has 0 fully saturated rings. The first-order valence-corrected chi connectivity index (χ1v) is 6.15. The number of carbonyl (C=O) groups excluding carboxylic acids is 1. The third kappa shape index (κ3) is 9.64. The van der Waals surface area contributed by atoms with Gasteiger partial charge in [-0.1, -0.05) is 0 Å². The first-order chi connectivity index (χ1) is 7.20. The maximum absolute atomic E-state index is 11.3. The summed E-state index contributed by atoms with van der Waals surface area (Å²) < 4.78 is 5.06. The molecule has 5 nitrogen and oxygen atoms in total. The zero-order valence-corrected chi connectivity index (χ0v) is 10.9. The van der Waals surface area contributed by atoms with Crippen LogP contribution in [0.5, 0.6) is 0 Å². The standard InChI is InChI=1S/C10H19NO4S/c1-7(5-16-6-8(12)13)11-9(14)15-10(2,3)4/h7H,5-6H2,1-4H3,(H,11,14)(H,12,13). The second-order valence-electron chi connectivity index (χ2n) is 4.46. The number of carbonyl (C=O) groups is 2. The first-order valence-electron chi connectivity index (χ1n) is 5.00. The van der Waals surface area contributed by atoms with E-state index in [1.54, 1.807) is 27.7 Å². The van der Waals surface area contributed by atoms with E-state index in [4.69, 9.17) is 9.84 Å². The van der Waals surface area contributed by atoms with Crippen LogP contribution in [0, 0.1) is 0 Å². The van der Waals surface area contributed by atoms with Crippen LogP contribution in [0.25, 0.3) is 0 Å². The molecule has 94 valence electrons. The van der Waals surface area contributed by atoms with Gasteiger partial charge in [-0.05, 0) is 27.7 Å². The number of thioether (sulfide) groups is 1. The maximum atomic E-state index is 11.3.